The number of methoxy groups -OCH3 is 1. The van der Waals surface area contributed by atoms with Crippen LogP contribution in [-0.4, -0.2) is 41.2 Å². The maximum Gasteiger partial charge on any atom is 0.330 e. The molecule has 10 heteroatoms. The molecular weight excluding hydrogens is 431 g/mol. The summed E-state index contributed by atoms with van der Waals surface area (Å²) in [6.45, 7) is 1.10. The zero-order valence-electron chi connectivity index (χ0n) is 17.8. The van der Waals surface area contributed by atoms with Crippen LogP contribution in [0.15, 0.2) is 53.1 Å². The fourth-order valence-corrected chi connectivity index (χ4v) is 3.83. The molecule has 2 aromatic carbocycles. The lowest BCUT2D eigenvalue weighted by atomic mass is 9.97. The molecule has 0 bridgehead atoms. The van der Waals surface area contributed by atoms with Gasteiger partial charge in [0.15, 0.2) is 0 Å². The number of carbonyl (C=O) groups is 1. The fourth-order valence-electron chi connectivity index (χ4n) is 3.83. The molecule has 0 saturated carbocycles. The average Bonchev–Trinajstić information content (AvgIpc) is 3.33. The topological polar surface area (TPSA) is 112 Å². The monoisotopic (exact) mass is 452 g/mol. The number of benzene rings is 2. The average molecular weight is 452 g/mol. The Balaban J connectivity index is 1.55. The molecule has 1 aromatic heterocycles. The number of rotatable bonds is 6. The maximum atomic E-state index is 13.5. The van der Waals surface area contributed by atoms with E-state index >= 15 is 0 Å². The van der Waals surface area contributed by atoms with E-state index in [2.05, 4.69) is 14.9 Å². The number of hydrogen-bond acceptors (Lipinski definition) is 8. The minimum absolute atomic E-state index is 0.0614. The number of nitro benzene ring substituents is 1. The summed E-state index contributed by atoms with van der Waals surface area (Å²) in [5.74, 6) is -0.335. The van der Waals surface area contributed by atoms with E-state index in [4.69, 9.17) is 4.52 Å². The van der Waals surface area contributed by atoms with Crippen LogP contribution in [0.1, 0.15) is 30.2 Å². The number of halogens is 1. The lowest BCUT2D eigenvalue weighted by molar-refractivity contribution is -0.384. The van der Waals surface area contributed by atoms with Gasteiger partial charge < -0.3 is 14.2 Å². The Labute approximate surface area is 188 Å². The smallest absolute Gasteiger partial charge is 0.330 e. The summed E-state index contributed by atoms with van der Waals surface area (Å²) in [4.78, 5) is 29.0. The van der Waals surface area contributed by atoms with Crippen LogP contribution in [0.2, 0.25) is 0 Å². The van der Waals surface area contributed by atoms with Crippen molar-refractivity contribution in [3.8, 4) is 11.4 Å². The second-order valence-corrected chi connectivity index (χ2v) is 7.61. The van der Waals surface area contributed by atoms with Gasteiger partial charge in [-0.25, -0.2) is 9.18 Å². The van der Waals surface area contributed by atoms with E-state index in [0.717, 1.165) is 12.8 Å². The first kappa shape index (κ1) is 22.1. The highest BCUT2D eigenvalue weighted by molar-refractivity contribution is 5.87. The maximum absolute atomic E-state index is 13.5. The highest BCUT2D eigenvalue weighted by Gasteiger charge is 2.29. The Bertz CT molecular complexity index is 1210. The van der Waals surface area contributed by atoms with Crippen LogP contribution in [-0.2, 0) is 9.53 Å². The van der Waals surface area contributed by atoms with Crippen molar-refractivity contribution in [2.45, 2.75) is 18.8 Å². The van der Waals surface area contributed by atoms with Crippen LogP contribution in [0.3, 0.4) is 0 Å². The van der Waals surface area contributed by atoms with Crippen LogP contribution < -0.4 is 4.90 Å². The summed E-state index contributed by atoms with van der Waals surface area (Å²) >= 11 is 0. The van der Waals surface area contributed by atoms with Crippen molar-refractivity contribution in [3.05, 3.63) is 75.9 Å². The van der Waals surface area contributed by atoms with Gasteiger partial charge in [-0.2, -0.15) is 4.98 Å². The summed E-state index contributed by atoms with van der Waals surface area (Å²) in [5.41, 5.74) is 1.45. The Morgan fingerprint density at radius 3 is 2.94 bits per heavy atom. The summed E-state index contributed by atoms with van der Waals surface area (Å²) in [6, 6.07) is 10.8. The third-order valence-corrected chi connectivity index (χ3v) is 5.45. The number of anilines is 1. The van der Waals surface area contributed by atoms with Gasteiger partial charge in [0.2, 0.25) is 11.7 Å². The van der Waals surface area contributed by atoms with Gasteiger partial charge in [-0.05, 0) is 42.7 Å². The van der Waals surface area contributed by atoms with Gasteiger partial charge >= 0.3 is 5.97 Å². The van der Waals surface area contributed by atoms with Crippen LogP contribution in [0.5, 0.6) is 0 Å². The summed E-state index contributed by atoms with van der Waals surface area (Å²) < 4.78 is 23.5. The summed E-state index contributed by atoms with van der Waals surface area (Å²) in [6.07, 6.45) is 4.24. The van der Waals surface area contributed by atoms with Gasteiger partial charge in [0.05, 0.1) is 18.0 Å². The molecule has 1 atom stereocenters. The number of nitro groups is 1. The molecule has 170 valence electrons. The first-order chi connectivity index (χ1) is 15.9. The SMILES string of the molecule is COC(=O)/C=C/c1ccc(N2CCCC(c3nc(-c4cccc(F)c4)no3)C2)c([N+](=O)[O-])c1. The fraction of sp³-hybridized carbons (Fsp3) is 0.261. The number of piperidine rings is 1. The molecule has 3 aromatic rings. The highest BCUT2D eigenvalue weighted by Crippen LogP contribution is 2.35. The van der Waals surface area contributed by atoms with Gasteiger partial charge in [0, 0.05) is 30.8 Å². The van der Waals surface area contributed by atoms with Crippen molar-refractivity contribution < 1.29 is 23.4 Å². The van der Waals surface area contributed by atoms with Crippen molar-refractivity contribution in [3.63, 3.8) is 0 Å². The Kier molecular flexibility index (Phi) is 6.43. The van der Waals surface area contributed by atoms with Gasteiger partial charge in [-0.3, -0.25) is 10.1 Å². The molecule has 9 nitrogen and oxygen atoms in total. The number of esters is 1. The largest absolute Gasteiger partial charge is 0.466 e. The molecule has 2 heterocycles. The Morgan fingerprint density at radius 1 is 1.33 bits per heavy atom. The van der Waals surface area contributed by atoms with Crippen molar-refractivity contribution in [1.29, 1.82) is 0 Å². The highest BCUT2D eigenvalue weighted by atomic mass is 19.1. The van der Waals surface area contributed by atoms with E-state index in [-0.39, 0.29) is 17.4 Å². The normalized spacial score (nSPS) is 16.2. The van der Waals surface area contributed by atoms with E-state index in [9.17, 15) is 19.3 Å². The van der Waals surface area contributed by atoms with Gasteiger partial charge in [-0.1, -0.05) is 23.4 Å². The van der Waals surface area contributed by atoms with Crippen LogP contribution in [0.25, 0.3) is 17.5 Å². The van der Waals surface area contributed by atoms with E-state index in [0.29, 0.717) is 41.6 Å². The van der Waals surface area contributed by atoms with Gasteiger partial charge in [0.1, 0.15) is 11.5 Å². The molecule has 1 aliphatic heterocycles. The van der Waals surface area contributed by atoms with Crippen LogP contribution >= 0.6 is 0 Å². The minimum Gasteiger partial charge on any atom is -0.466 e. The number of aromatic nitrogens is 2. The molecule has 0 N–H and O–H groups in total. The lowest BCUT2D eigenvalue weighted by Gasteiger charge is -2.32. The van der Waals surface area contributed by atoms with E-state index < -0.39 is 10.9 Å². The standard InChI is InChI=1S/C23H21FN4O5/c1-32-21(29)10-8-15-7-9-19(20(12-15)28(30)31)27-11-3-5-17(14-27)23-25-22(26-33-23)16-4-2-6-18(24)13-16/h2,4,6-10,12-13,17H,3,5,11,14H2,1H3/b10-8+. The number of carbonyl (C=O) groups excluding carboxylic acids is 1. The molecule has 0 radical (unpaired) electrons. The quantitative estimate of drug-likeness (QED) is 0.235. The summed E-state index contributed by atoms with van der Waals surface area (Å²) in [5, 5.41) is 15.7. The molecule has 4 rings (SSSR count). The van der Waals surface area contributed by atoms with Gasteiger partial charge in [-0.15, -0.1) is 0 Å². The molecule has 1 aliphatic rings. The van der Waals surface area contributed by atoms with Crippen LogP contribution in [0, 0.1) is 15.9 Å². The number of ether oxygens (including phenoxy) is 1. The second-order valence-electron chi connectivity index (χ2n) is 7.61. The molecule has 1 unspecified atom stereocenters. The molecule has 0 amide bonds. The number of hydrogen-bond donors (Lipinski definition) is 0. The van der Waals surface area contributed by atoms with Crippen LogP contribution in [0.4, 0.5) is 15.8 Å². The number of nitrogens with zero attached hydrogens (tertiary/aromatic N) is 4. The molecular formula is C23H21FN4O5. The molecule has 1 fully saturated rings. The zero-order valence-corrected chi connectivity index (χ0v) is 17.8. The van der Waals surface area contributed by atoms with Crippen molar-refractivity contribution in [1.82, 2.24) is 10.1 Å². The predicted octanol–water partition coefficient (Wildman–Crippen LogP) is 4.35. The zero-order chi connectivity index (χ0) is 23.4. The third kappa shape index (κ3) is 5.05. The molecule has 1 saturated heterocycles. The van der Waals surface area contributed by atoms with Gasteiger partial charge in [0.25, 0.3) is 5.69 Å². The molecule has 33 heavy (non-hydrogen) atoms. The second kappa shape index (κ2) is 9.60. The summed E-state index contributed by atoms with van der Waals surface area (Å²) in [7, 11) is 1.26. The lowest BCUT2D eigenvalue weighted by Crippen LogP contribution is -2.34. The van der Waals surface area contributed by atoms with E-state index in [1.807, 2.05) is 4.90 Å². The molecule has 0 aliphatic carbocycles. The Hall–Kier alpha value is -4.08. The predicted molar refractivity (Wildman–Crippen MR) is 118 cm³/mol. The van der Waals surface area contributed by atoms with E-state index in [1.54, 1.807) is 24.3 Å². The van der Waals surface area contributed by atoms with Crippen molar-refractivity contribution >= 4 is 23.4 Å². The van der Waals surface area contributed by atoms with Crippen molar-refractivity contribution in [2.75, 3.05) is 25.1 Å². The Morgan fingerprint density at radius 2 is 2.18 bits per heavy atom. The third-order valence-electron chi connectivity index (χ3n) is 5.45. The van der Waals surface area contributed by atoms with Crippen molar-refractivity contribution in [2.24, 2.45) is 0 Å². The molecule has 0 spiro atoms. The minimum atomic E-state index is -0.544. The van der Waals surface area contributed by atoms with E-state index in [1.165, 1.54) is 37.5 Å². The first-order valence-electron chi connectivity index (χ1n) is 10.3. The first-order valence-corrected chi connectivity index (χ1v) is 10.3.